The van der Waals surface area contributed by atoms with Gasteiger partial charge in [-0.05, 0) is 56.3 Å². The van der Waals surface area contributed by atoms with Crippen molar-refractivity contribution in [1.82, 2.24) is 0 Å². The molecule has 1 aliphatic heterocycles. The van der Waals surface area contributed by atoms with Gasteiger partial charge in [0.25, 0.3) is 0 Å². The van der Waals surface area contributed by atoms with Crippen LogP contribution in [0.4, 0.5) is 0 Å². The van der Waals surface area contributed by atoms with Crippen LogP contribution in [0.2, 0.25) is 18.1 Å². The predicted molar refractivity (Wildman–Crippen MR) is 87.3 cm³/mol. The summed E-state index contributed by atoms with van der Waals surface area (Å²) in [7, 11) is -1.74. The highest BCUT2D eigenvalue weighted by molar-refractivity contribution is 6.74. The lowest BCUT2D eigenvalue weighted by molar-refractivity contribution is 0.265. The Balaban J connectivity index is 1.98. The van der Waals surface area contributed by atoms with Crippen molar-refractivity contribution in [1.29, 1.82) is 0 Å². The van der Waals surface area contributed by atoms with Crippen molar-refractivity contribution in [3.8, 4) is 0 Å². The number of hydrogen-bond acceptors (Lipinski definition) is 2. The van der Waals surface area contributed by atoms with Gasteiger partial charge < -0.3 is 9.16 Å². The lowest BCUT2D eigenvalue weighted by Crippen LogP contribution is -2.41. The van der Waals surface area contributed by atoms with E-state index in [1.54, 1.807) is 0 Å². The second-order valence-electron chi connectivity index (χ2n) is 7.75. The molecule has 2 atom stereocenters. The molecule has 0 bridgehead atoms. The van der Waals surface area contributed by atoms with Gasteiger partial charge in [-0.15, -0.1) is 6.58 Å². The van der Waals surface area contributed by atoms with Gasteiger partial charge in [0.15, 0.2) is 0 Å². The van der Waals surface area contributed by atoms with Crippen LogP contribution in [0.25, 0.3) is 0 Å². The molecule has 0 radical (unpaired) electrons. The Hall–Kier alpha value is -0.543. The number of fused-ring (bicyclic) bond motifs is 1. The Morgan fingerprint density at radius 1 is 1.50 bits per heavy atom. The third-order valence-electron chi connectivity index (χ3n) is 5.13. The molecular weight excluding hydrogens is 264 g/mol. The fourth-order valence-electron chi connectivity index (χ4n) is 2.68. The molecule has 3 heteroatoms. The number of allylic oxidation sites excluding steroid dienone is 2. The number of unbranched alkanes of at least 4 members (excludes halogenated alkanes) is 1. The number of hydrogen-bond donors (Lipinski definition) is 0. The summed E-state index contributed by atoms with van der Waals surface area (Å²) in [4.78, 5) is 0. The van der Waals surface area contributed by atoms with Crippen molar-refractivity contribution in [2.24, 2.45) is 0 Å². The minimum atomic E-state index is -1.74. The van der Waals surface area contributed by atoms with Crippen molar-refractivity contribution in [2.75, 3.05) is 0 Å². The summed E-state index contributed by atoms with van der Waals surface area (Å²) < 4.78 is 12.6. The summed E-state index contributed by atoms with van der Waals surface area (Å²) in [5.41, 5.74) is 0.0927. The minimum Gasteiger partial charge on any atom is -0.545 e. The maximum absolute atomic E-state index is 6.48. The van der Waals surface area contributed by atoms with E-state index in [1.165, 1.54) is 6.42 Å². The maximum atomic E-state index is 6.48. The Labute approximate surface area is 125 Å². The number of epoxide rings is 1. The molecule has 0 aromatic carbocycles. The summed E-state index contributed by atoms with van der Waals surface area (Å²) >= 11 is 0. The molecule has 1 aliphatic carbocycles. The van der Waals surface area contributed by atoms with Gasteiger partial charge in [0.2, 0.25) is 8.32 Å². The lowest BCUT2D eigenvalue weighted by atomic mass is 9.88. The lowest BCUT2D eigenvalue weighted by Gasteiger charge is -2.37. The van der Waals surface area contributed by atoms with E-state index in [2.05, 4.69) is 46.5 Å². The van der Waals surface area contributed by atoms with Crippen LogP contribution in [0.5, 0.6) is 0 Å². The van der Waals surface area contributed by atoms with Gasteiger partial charge in [-0.25, -0.2) is 0 Å². The van der Waals surface area contributed by atoms with Crippen molar-refractivity contribution in [3.05, 3.63) is 24.5 Å². The fourth-order valence-corrected chi connectivity index (χ4v) is 3.76. The number of ether oxygens (including phenoxy) is 1. The van der Waals surface area contributed by atoms with Crippen LogP contribution in [0, 0.1) is 0 Å². The zero-order valence-electron chi connectivity index (χ0n) is 13.8. The highest BCUT2D eigenvalue weighted by Crippen LogP contribution is 2.53. The van der Waals surface area contributed by atoms with E-state index in [1.807, 2.05) is 6.08 Å². The van der Waals surface area contributed by atoms with Gasteiger partial charge in [-0.1, -0.05) is 26.8 Å². The van der Waals surface area contributed by atoms with Crippen molar-refractivity contribution >= 4 is 8.32 Å². The monoisotopic (exact) mass is 294 g/mol. The van der Waals surface area contributed by atoms with E-state index in [0.29, 0.717) is 0 Å². The van der Waals surface area contributed by atoms with Crippen LogP contribution in [-0.4, -0.2) is 20.0 Å². The van der Waals surface area contributed by atoms with Crippen LogP contribution >= 0.6 is 0 Å². The topological polar surface area (TPSA) is 21.8 Å². The molecule has 1 fully saturated rings. The van der Waals surface area contributed by atoms with E-state index < -0.39 is 8.32 Å². The minimum absolute atomic E-state index is 0.0927. The van der Waals surface area contributed by atoms with Gasteiger partial charge >= 0.3 is 0 Å². The van der Waals surface area contributed by atoms with E-state index in [4.69, 9.17) is 9.16 Å². The quantitative estimate of drug-likeness (QED) is 0.291. The first kappa shape index (κ1) is 15.8. The van der Waals surface area contributed by atoms with Crippen LogP contribution in [-0.2, 0) is 9.16 Å². The third kappa shape index (κ3) is 3.04. The molecule has 20 heavy (non-hydrogen) atoms. The molecule has 0 saturated carbocycles. The van der Waals surface area contributed by atoms with E-state index >= 15 is 0 Å². The molecule has 0 spiro atoms. The largest absolute Gasteiger partial charge is 0.545 e. The highest BCUT2D eigenvalue weighted by Gasteiger charge is 2.60. The standard InChI is InChI=1S/C17H30O2Si/c1-7-8-9-12-17-13-10-11-14(15(17)18-17)19-20(5,6)16(2,3)4/h7,11,15H,1,8-10,12-13H2,2-6H3. The van der Waals surface area contributed by atoms with E-state index in [0.717, 1.165) is 31.4 Å². The summed E-state index contributed by atoms with van der Waals surface area (Å²) in [6.07, 6.45) is 10.1. The zero-order chi connectivity index (χ0) is 15.0. The summed E-state index contributed by atoms with van der Waals surface area (Å²) in [6, 6.07) is 0. The van der Waals surface area contributed by atoms with Gasteiger partial charge in [-0.2, -0.15) is 0 Å². The van der Waals surface area contributed by atoms with E-state index in [-0.39, 0.29) is 16.7 Å². The molecule has 114 valence electrons. The number of rotatable bonds is 6. The molecule has 2 unspecified atom stereocenters. The fraction of sp³-hybridized carbons (Fsp3) is 0.765. The van der Waals surface area contributed by atoms with Crippen molar-refractivity contribution in [2.45, 2.75) is 82.7 Å². The SMILES string of the molecule is C=CCCCC12CCC=C(O[Si](C)(C)C(C)(C)C)C1O2. The van der Waals surface area contributed by atoms with Crippen molar-refractivity contribution < 1.29 is 9.16 Å². The van der Waals surface area contributed by atoms with Gasteiger partial charge in [0, 0.05) is 0 Å². The first-order chi connectivity index (χ1) is 9.22. The maximum Gasteiger partial charge on any atom is 0.250 e. The molecule has 2 rings (SSSR count). The van der Waals surface area contributed by atoms with Crippen LogP contribution in [0.3, 0.4) is 0 Å². The zero-order valence-corrected chi connectivity index (χ0v) is 14.8. The molecule has 2 aliphatic rings. The Morgan fingerprint density at radius 3 is 2.80 bits per heavy atom. The molecule has 0 amide bonds. The van der Waals surface area contributed by atoms with Crippen LogP contribution in [0.15, 0.2) is 24.5 Å². The molecular formula is C17H30O2Si. The summed E-state index contributed by atoms with van der Waals surface area (Å²) in [5.74, 6) is 1.13. The van der Waals surface area contributed by atoms with Crippen LogP contribution in [0.1, 0.15) is 52.9 Å². The van der Waals surface area contributed by atoms with Gasteiger partial charge in [0.1, 0.15) is 17.5 Å². The molecule has 1 saturated heterocycles. The average Bonchev–Trinajstić information content (AvgIpc) is 3.03. The Bertz CT molecular complexity index is 406. The first-order valence-corrected chi connectivity index (χ1v) is 10.8. The van der Waals surface area contributed by atoms with Crippen molar-refractivity contribution in [3.63, 3.8) is 0 Å². The normalized spacial score (nSPS) is 29.4. The molecule has 1 heterocycles. The summed E-state index contributed by atoms with van der Waals surface area (Å²) in [5, 5.41) is 0.242. The molecule has 0 N–H and O–H groups in total. The Morgan fingerprint density at radius 2 is 2.20 bits per heavy atom. The predicted octanol–water partition coefficient (Wildman–Crippen LogP) is 5.18. The second kappa shape index (κ2) is 5.34. The summed E-state index contributed by atoms with van der Waals surface area (Å²) in [6.45, 7) is 15.3. The third-order valence-corrected chi connectivity index (χ3v) is 9.49. The highest BCUT2D eigenvalue weighted by atomic mass is 28.4. The molecule has 2 nitrogen and oxygen atoms in total. The van der Waals surface area contributed by atoms with Crippen LogP contribution < -0.4 is 0 Å². The average molecular weight is 295 g/mol. The Kier molecular flexibility index (Phi) is 4.23. The van der Waals surface area contributed by atoms with Gasteiger partial charge in [-0.3, -0.25) is 0 Å². The molecule has 0 aromatic heterocycles. The smallest absolute Gasteiger partial charge is 0.250 e. The van der Waals surface area contributed by atoms with Gasteiger partial charge in [0.05, 0.1) is 0 Å². The van der Waals surface area contributed by atoms with E-state index in [9.17, 15) is 0 Å². The molecule has 0 aromatic rings. The first-order valence-electron chi connectivity index (χ1n) is 7.90. The second-order valence-corrected chi connectivity index (χ2v) is 12.5.